The van der Waals surface area contributed by atoms with E-state index in [2.05, 4.69) is 15.5 Å². The Bertz CT molecular complexity index is 1050. The van der Waals surface area contributed by atoms with Gasteiger partial charge < -0.3 is 14.7 Å². The number of halogens is 2. The van der Waals surface area contributed by atoms with Crippen LogP contribution in [-0.2, 0) is 11.3 Å². The molecule has 29 heavy (non-hydrogen) atoms. The van der Waals surface area contributed by atoms with Gasteiger partial charge in [-0.25, -0.2) is 8.78 Å². The molecule has 2 heterocycles. The maximum Gasteiger partial charge on any atom is 0.251 e. The van der Waals surface area contributed by atoms with E-state index in [0.717, 1.165) is 12.1 Å². The normalized spacial score (nSPS) is 16.3. The minimum Gasteiger partial charge on any atom is -0.343 e. The molecule has 1 atom stereocenters. The van der Waals surface area contributed by atoms with Crippen molar-refractivity contribution >= 4 is 17.5 Å². The van der Waals surface area contributed by atoms with Crippen LogP contribution in [-0.4, -0.2) is 28.5 Å². The summed E-state index contributed by atoms with van der Waals surface area (Å²) in [5, 5.41) is 6.56. The number of rotatable bonds is 5. The summed E-state index contributed by atoms with van der Waals surface area (Å²) in [4.78, 5) is 29.8. The van der Waals surface area contributed by atoms with Crippen LogP contribution in [0.15, 0.2) is 53.1 Å². The average molecular weight is 398 g/mol. The molecule has 1 unspecified atom stereocenters. The number of benzene rings is 2. The molecular weight excluding hydrogens is 382 g/mol. The second-order valence-electron chi connectivity index (χ2n) is 6.60. The predicted octanol–water partition coefficient (Wildman–Crippen LogP) is 2.80. The quantitative estimate of drug-likeness (QED) is 0.714. The highest BCUT2D eigenvalue weighted by Gasteiger charge is 2.35. The monoisotopic (exact) mass is 398 g/mol. The Hall–Kier alpha value is -3.62. The Morgan fingerprint density at radius 1 is 1.21 bits per heavy atom. The van der Waals surface area contributed by atoms with Crippen LogP contribution in [0.4, 0.5) is 14.5 Å². The number of nitrogens with zero attached hydrogens (tertiary/aromatic N) is 3. The van der Waals surface area contributed by atoms with Gasteiger partial charge in [0.2, 0.25) is 11.8 Å². The molecule has 1 aliphatic rings. The van der Waals surface area contributed by atoms with Crippen molar-refractivity contribution in [3.63, 3.8) is 0 Å². The molecule has 148 valence electrons. The fraction of sp³-hybridized carbons (Fsp3) is 0.200. The maximum atomic E-state index is 14.0. The Morgan fingerprint density at radius 3 is 2.76 bits per heavy atom. The van der Waals surface area contributed by atoms with Gasteiger partial charge in [0.05, 0.1) is 12.2 Å². The lowest BCUT2D eigenvalue weighted by Gasteiger charge is -2.16. The number of hydrogen-bond acceptors (Lipinski definition) is 5. The maximum absolute atomic E-state index is 14.0. The summed E-state index contributed by atoms with van der Waals surface area (Å²) >= 11 is 0. The summed E-state index contributed by atoms with van der Waals surface area (Å²) in [5.41, 5.74) is 0.517. The van der Waals surface area contributed by atoms with Gasteiger partial charge in [0.15, 0.2) is 5.82 Å². The highest BCUT2D eigenvalue weighted by molar-refractivity contribution is 5.96. The van der Waals surface area contributed by atoms with Crippen molar-refractivity contribution in [2.75, 3.05) is 11.4 Å². The Kier molecular flexibility index (Phi) is 5.03. The third-order valence-corrected chi connectivity index (χ3v) is 4.61. The van der Waals surface area contributed by atoms with Crippen LogP contribution >= 0.6 is 0 Å². The van der Waals surface area contributed by atoms with Crippen molar-refractivity contribution < 1.29 is 22.9 Å². The van der Waals surface area contributed by atoms with Crippen LogP contribution < -0.4 is 10.2 Å². The fourth-order valence-corrected chi connectivity index (χ4v) is 3.17. The Balaban J connectivity index is 1.41. The second kappa shape index (κ2) is 7.78. The molecule has 0 saturated carbocycles. The van der Waals surface area contributed by atoms with Gasteiger partial charge in [0.1, 0.15) is 11.6 Å². The van der Waals surface area contributed by atoms with E-state index < -0.39 is 17.6 Å². The molecule has 1 N–H and O–H groups in total. The number of hydrogen-bond donors (Lipinski definition) is 1. The highest BCUT2D eigenvalue weighted by atomic mass is 19.1. The molecule has 2 amide bonds. The number of nitrogens with one attached hydrogen (secondary N) is 1. The van der Waals surface area contributed by atoms with Gasteiger partial charge in [-0.15, -0.1) is 0 Å². The van der Waals surface area contributed by atoms with Gasteiger partial charge in [0, 0.05) is 30.5 Å². The lowest BCUT2D eigenvalue weighted by atomic mass is 10.1. The van der Waals surface area contributed by atoms with Crippen molar-refractivity contribution in [1.29, 1.82) is 0 Å². The molecule has 1 aliphatic heterocycles. The molecule has 7 nitrogen and oxygen atoms in total. The van der Waals surface area contributed by atoms with E-state index in [0.29, 0.717) is 11.4 Å². The lowest BCUT2D eigenvalue weighted by molar-refractivity contribution is -0.117. The van der Waals surface area contributed by atoms with E-state index in [4.69, 9.17) is 4.52 Å². The standard InChI is InChI=1S/C20H16F2N4O3/c21-14-6-7-16(15(22)9-14)26-11-13(8-18(26)27)19-24-17(29-25-19)10-23-20(28)12-4-2-1-3-5-12/h1-7,9,13H,8,10-11H2,(H,23,28). The summed E-state index contributed by atoms with van der Waals surface area (Å²) in [7, 11) is 0. The van der Waals surface area contributed by atoms with Gasteiger partial charge in [-0.1, -0.05) is 23.4 Å². The first-order valence-corrected chi connectivity index (χ1v) is 8.92. The summed E-state index contributed by atoms with van der Waals surface area (Å²) in [6, 6.07) is 11.7. The first-order valence-electron chi connectivity index (χ1n) is 8.92. The smallest absolute Gasteiger partial charge is 0.251 e. The SMILES string of the molecule is O=C(NCc1nc(C2CC(=O)N(c3ccc(F)cc3F)C2)no1)c1ccccc1. The second-order valence-corrected chi connectivity index (χ2v) is 6.60. The zero-order chi connectivity index (χ0) is 20.4. The van der Waals surface area contributed by atoms with E-state index in [-0.39, 0.29) is 42.9 Å². The van der Waals surface area contributed by atoms with Crippen molar-refractivity contribution in [3.8, 4) is 0 Å². The third kappa shape index (κ3) is 3.98. The Labute approximate surface area is 164 Å². The summed E-state index contributed by atoms with van der Waals surface area (Å²) in [5.74, 6) is -2.01. The van der Waals surface area contributed by atoms with E-state index in [1.54, 1.807) is 24.3 Å². The zero-order valence-electron chi connectivity index (χ0n) is 15.1. The predicted molar refractivity (Wildman–Crippen MR) is 98.0 cm³/mol. The van der Waals surface area contributed by atoms with E-state index >= 15 is 0 Å². The van der Waals surface area contributed by atoms with E-state index in [9.17, 15) is 18.4 Å². The number of carbonyl (C=O) groups excluding carboxylic acids is 2. The van der Waals surface area contributed by atoms with Crippen molar-refractivity contribution in [3.05, 3.63) is 77.4 Å². The molecule has 0 spiro atoms. The first kappa shape index (κ1) is 18.7. The molecule has 4 rings (SSSR count). The van der Waals surface area contributed by atoms with Crippen LogP contribution in [0.25, 0.3) is 0 Å². The van der Waals surface area contributed by atoms with Crippen LogP contribution in [0.2, 0.25) is 0 Å². The van der Waals surface area contributed by atoms with Crippen LogP contribution in [0.3, 0.4) is 0 Å². The van der Waals surface area contributed by atoms with Crippen LogP contribution in [0.1, 0.15) is 34.4 Å². The van der Waals surface area contributed by atoms with E-state index in [1.165, 1.54) is 11.0 Å². The number of anilines is 1. The van der Waals surface area contributed by atoms with Gasteiger partial charge >= 0.3 is 0 Å². The van der Waals surface area contributed by atoms with Crippen LogP contribution in [0, 0.1) is 11.6 Å². The molecule has 1 saturated heterocycles. The molecule has 0 radical (unpaired) electrons. The number of aromatic nitrogens is 2. The van der Waals surface area contributed by atoms with Gasteiger partial charge in [0.25, 0.3) is 5.91 Å². The largest absolute Gasteiger partial charge is 0.343 e. The van der Waals surface area contributed by atoms with E-state index in [1.807, 2.05) is 6.07 Å². The topological polar surface area (TPSA) is 88.3 Å². The lowest BCUT2D eigenvalue weighted by Crippen LogP contribution is -2.25. The summed E-state index contributed by atoms with van der Waals surface area (Å²) < 4.78 is 32.3. The zero-order valence-corrected chi connectivity index (χ0v) is 15.1. The molecule has 1 aromatic heterocycles. The molecular formula is C20H16F2N4O3. The van der Waals surface area contributed by atoms with Gasteiger partial charge in [-0.05, 0) is 24.3 Å². The molecule has 0 aliphatic carbocycles. The number of carbonyl (C=O) groups is 2. The first-order chi connectivity index (χ1) is 14.0. The fourth-order valence-electron chi connectivity index (χ4n) is 3.17. The minimum atomic E-state index is -0.809. The number of amides is 2. The minimum absolute atomic E-state index is 0.0118. The Morgan fingerprint density at radius 2 is 2.00 bits per heavy atom. The molecule has 3 aromatic rings. The van der Waals surface area contributed by atoms with Gasteiger partial charge in [-0.3, -0.25) is 9.59 Å². The molecule has 9 heteroatoms. The average Bonchev–Trinajstić information content (AvgIpc) is 3.34. The summed E-state index contributed by atoms with van der Waals surface area (Å²) in [6.45, 7) is 0.189. The van der Waals surface area contributed by atoms with Crippen molar-refractivity contribution in [2.45, 2.75) is 18.9 Å². The third-order valence-electron chi connectivity index (χ3n) is 4.61. The molecule has 0 bridgehead atoms. The molecule has 2 aromatic carbocycles. The molecule has 1 fully saturated rings. The van der Waals surface area contributed by atoms with Gasteiger partial charge in [-0.2, -0.15) is 4.98 Å². The van der Waals surface area contributed by atoms with Crippen molar-refractivity contribution in [1.82, 2.24) is 15.5 Å². The summed E-state index contributed by atoms with van der Waals surface area (Å²) in [6.07, 6.45) is 0.0756. The highest BCUT2D eigenvalue weighted by Crippen LogP contribution is 2.32. The van der Waals surface area contributed by atoms with Crippen LogP contribution in [0.5, 0.6) is 0 Å². The van der Waals surface area contributed by atoms with Crippen molar-refractivity contribution in [2.24, 2.45) is 0 Å².